The van der Waals surface area contributed by atoms with Gasteiger partial charge in [-0.05, 0) is 12.1 Å². The molecule has 3 rings (SSSR count). The predicted molar refractivity (Wildman–Crippen MR) is 75.3 cm³/mol. The lowest BCUT2D eigenvalue weighted by molar-refractivity contribution is -0.113. The molecule has 8 heteroatoms. The molecule has 0 unspecified atom stereocenters. The summed E-state index contributed by atoms with van der Waals surface area (Å²) in [5, 5.41) is 3.41. The van der Waals surface area contributed by atoms with E-state index in [4.69, 9.17) is 0 Å². The molecule has 0 atom stereocenters. The van der Waals surface area contributed by atoms with E-state index in [1.807, 2.05) is 6.07 Å². The van der Waals surface area contributed by atoms with E-state index in [9.17, 15) is 4.79 Å². The average Bonchev–Trinajstić information content (AvgIpc) is 2.95. The third kappa shape index (κ3) is 2.75. The lowest BCUT2D eigenvalue weighted by Crippen LogP contribution is -2.14. The lowest BCUT2D eigenvalue weighted by atomic mass is 10.4. The van der Waals surface area contributed by atoms with Gasteiger partial charge in [0.1, 0.15) is 22.7 Å². The van der Waals surface area contributed by atoms with Crippen molar-refractivity contribution in [1.29, 1.82) is 0 Å². The van der Waals surface area contributed by atoms with Gasteiger partial charge in [0.15, 0.2) is 5.65 Å². The van der Waals surface area contributed by atoms with Crippen molar-refractivity contribution < 1.29 is 4.79 Å². The molecule has 0 fully saturated rings. The van der Waals surface area contributed by atoms with Crippen LogP contribution in [0.15, 0.2) is 42.1 Å². The highest BCUT2D eigenvalue weighted by molar-refractivity contribution is 8.00. The first-order valence-corrected chi connectivity index (χ1v) is 6.79. The Bertz CT molecular complexity index is 729. The molecule has 0 aliphatic rings. The summed E-state index contributed by atoms with van der Waals surface area (Å²) in [5.41, 5.74) is 1.33. The van der Waals surface area contributed by atoms with E-state index in [0.29, 0.717) is 16.5 Å². The number of aromatic nitrogens is 5. The molecule has 0 saturated carbocycles. The van der Waals surface area contributed by atoms with Crippen LogP contribution in [-0.4, -0.2) is 36.6 Å². The highest BCUT2D eigenvalue weighted by atomic mass is 32.2. The second kappa shape index (κ2) is 5.66. The number of thioether (sulfide) groups is 1. The van der Waals surface area contributed by atoms with Gasteiger partial charge in [0.05, 0.1) is 12.1 Å². The minimum absolute atomic E-state index is 0.139. The van der Waals surface area contributed by atoms with E-state index in [0.717, 1.165) is 5.52 Å². The van der Waals surface area contributed by atoms with Gasteiger partial charge in [-0.3, -0.25) is 4.79 Å². The van der Waals surface area contributed by atoms with Crippen molar-refractivity contribution in [3.05, 3.63) is 37.1 Å². The molecule has 0 aromatic carbocycles. The zero-order valence-electron chi connectivity index (χ0n) is 10.3. The predicted octanol–water partition coefficient (Wildman–Crippen LogP) is 1.48. The normalized spacial score (nSPS) is 10.6. The number of hydrogen-bond donors (Lipinski definition) is 2. The SMILES string of the molecule is O=C(CSc1ncnc2nc[nH]c12)Nc1ccccn1. The van der Waals surface area contributed by atoms with E-state index >= 15 is 0 Å². The molecule has 0 radical (unpaired) electrons. The highest BCUT2D eigenvalue weighted by Gasteiger charge is 2.09. The summed E-state index contributed by atoms with van der Waals surface area (Å²) in [7, 11) is 0. The van der Waals surface area contributed by atoms with Crippen molar-refractivity contribution >= 4 is 34.7 Å². The van der Waals surface area contributed by atoms with Crippen LogP contribution in [0, 0.1) is 0 Å². The Morgan fingerprint density at radius 3 is 3.05 bits per heavy atom. The molecule has 7 nitrogen and oxygen atoms in total. The molecule has 20 heavy (non-hydrogen) atoms. The molecule has 0 bridgehead atoms. The number of carbonyl (C=O) groups is 1. The Morgan fingerprint density at radius 2 is 2.20 bits per heavy atom. The smallest absolute Gasteiger partial charge is 0.235 e. The number of H-pyrrole nitrogens is 1. The van der Waals surface area contributed by atoms with Crippen LogP contribution in [0.5, 0.6) is 0 Å². The van der Waals surface area contributed by atoms with Crippen LogP contribution in [0.2, 0.25) is 0 Å². The maximum Gasteiger partial charge on any atom is 0.235 e. The quantitative estimate of drug-likeness (QED) is 0.557. The van der Waals surface area contributed by atoms with Gasteiger partial charge in [-0.1, -0.05) is 17.8 Å². The zero-order chi connectivity index (χ0) is 13.8. The van der Waals surface area contributed by atoms with Gasteiger partial charge < -0.3 is 10.3 Å². The van der Waals surface area contributed by atoms with E-state index in [1.54, 1.807) is 24.7 Å². The number of carbonyl (C=O) groups excluding carboxylic acids is 1. The molecule has 100 valence electrons. The van der Waals surface area contributed by atoms with Crippen molar-refractivity contribution in [2.75, 3.05) is 11.1 Å². The summed E-state index contributed by atoms with van der Waals surface area (Å²) in [6.45, 7) is 0. The van der Waals surface area contributed by atoms with Gasteiger partial charge >= 0.3 is 0 Å². The molecule has 1 amide bonds. The number of fused-ring (bicyclic) bond motifs is 1. The third-order valence-electron chi connectivity index (χ3n) is 2.46. The highest BCUT2D eigenvalue weighted by Crippen LogP contribution is 2.21. The number of rotatable bonds is 4. The molecule has 3 aromatic heterocycles. The van der Waals surface area contributed by atoms with Crippen molar-refractivity contribution in [3.8, 4) is 0 Å². The summed E-state index contributed by atoms with van der Waals surface area (Å²) < 4.78 is 0. The second-order valence-corrected chi connectivity index (χ2v) is 4.80. The zero-order valence-corrected chi connectivity index (χ0v) is 11.1. The van der Waals surface area contributed by atoms with Gasteiger partial charge in [0, 0.05) is 6.20 Å². The van der Waals surface area contributed by atoms with E-state index in [2.05, 4.69) is 30.2 Å². The van der Waals surface area contributed by atoms with Gasteiger partial charge in [-0.2, -0.15) is 0 Å². The number of nitrogens with one attached hydrogen (secondary N) is 2. The minimum Gasteiger partial charge on any atom is -0.341 e. The largest absolute Gasteiger partial charge is 0.341 e. The first-order chi connectivity index (χ1) is 9.83. The molecular weight excluding hydrogens is 276 g/mol. The number of hydrogen-bond acceptors (Lipinski definition) is 6. The van der Waals surface area contributed by atoms with Crippen LogP contribution >= 0.6 is 11.8 Å². The molecule has 2 N–H and O–H groups in total. The lowest BCUT2D eigenvalue weighted by Gasteiger charge is -2.03. The van der Waals surface area contributed by atoms with Crippen LogP contribution in [-0.2, 0) is 4.79 Å². The Morgan fingerprint density at radius 1 is 1.25 bits per heavy atom. The van der Waals surface area contributed by atoms with Gasteiger partial charge in [-0.15, -0.1) is 0 Å². The molecular formula is C12H10N6OS. The number of nitrogens with zero attached hydrogens (tertiary/aromatic N) is 4. The Hall–Kier alpha value is -2.48. The molecule has 3 aromatic rings. The van der Waals surface area contributed by atoms with Crippen LogP contribution < -0.4 is 5.32 Å². The Labute approximate surface area is 118 Å². The fourth-order valence-electron chi connectivity index (χ4n) is 1.60. The topological polar surface area (TPSA) is 96.5 Å². The monoisotopic (exact) mass is 286 g/mol. The van der Waals surface area contributed by atoms with E-state index in [1.165, 1.54) is 18.1 Å². The second-order valence-electron chi connectivity index (χ2n) is 3.83. The van der Waals surface area contributed by atoms with Gasteiger partial charge in [-0.25, -0.2) is 19.9 Å². The van der Waals surface area contributed by atoms with Crippen molar-refractivity contribution in [2.24, 2.45) is 0 Å². The average molecular weight is 286 g/mol. The summed E-state index contributed by atoms with van der Waals surface area (Å²) >= 11 is 1.32. The number of pyridine rings is 1. The van der Waals surface area contributed by atoms with Gasteiger partial charge in [0.2, 0.25) is 5.91 Å². The molecule has 3 heterocycles. The van der Waals surface area contributed by atoms with Crippen LogP contribution in [0.1, 0.15) is 0 Å². The fourth-order valence-corrected chi connectivity index (χ4v) is 2.36. The summed E-state index contributed by atoms with van der Waals surface area (Å²) in [6, 6.07) is 5.34. The Kier molecular flexibility index (Phi) is 3.55. The fraction of sp³-hybridized carbons (Fsp3) is 0.0833. The number of aromatic amines is 1. The maximum atomic E-state index is 11.8. The summed E-state index contributed by atoms with van der Waals surface area (Å²) in [6.07, 6.45) is 4.61. The van der Waals surface area contributed by atoms with Crippen LogP contribution in [0.4, 0.5) is 5.82 Å². The minimum atomic E-state index is -0.139. The standard InChI is InChI=1S/C12H10N6OS/c19-9(18-8-3-1-2-4-13-8)5-20-12-10-11(15-6-14-10)16-7-17-12/h1-4,6-7H,5H2,(H,13,18,19)(H,14,15,16,17). The Balaban J connectivity index is 1.65. The number of amides is 1. The van der Waals surface area contributed by atoms with Gasteiger partial charge in [0.25, 0.3) is 0 Å². The summed E-state index contributed by atoms with van der Waals surface area (Å²) in [5.74, 6) is 0.634. The van der Waals surface area contributed by atoms with Crippen LogP contribution in [0.3, 0.4) is 0 Å². The third-order valence-corrected chi connectivity index (χ3v) is 3.45. The van der Waals surface area contributed by atoms with E-state index in [-0.39, 0.29) is 11.7 Å². The van der Waals surface area contributed by atoms with Crippen LogP contribution in [0.25, 0.3) is 11.2 Å². The number of anilines is 1. The van der Waals surface area contributed by atoms with E-state index < -0.39 is 0 Å². The summed E-state index contributed by atoms with van der Waals surface area (Å²) in [4.78, 5) is 31.0. The first kappa shape index (κ1) is 12.5. The van der Waals surface area contributed by atoms with Crippen molar-refractivity contribution in [2.45, 2.75) is 5.03 Å². The van der Waals surface area contributed by atoms with Crippen molar-refractivity contribution in [3.63, 3.8) is 0 Å². The first-order valence-electron chi connectivity index (χ1n) is 5.81. The molecule has 0 aliphatic heterocycles. The molecule has 0 saturated heterocycles. The number of imidazole rings is 1. The molecule has 0 spiro atoms. The molecule has 0 aliphatic carbocycles. The maximum absolute atomic E-state index is 11.8. The van der Waals surface area contributed by atoms with Crippen molar-refractivity contribution in [1.82, 2.24) is 24.9 Å².